The van der Waals surface area contributed by atoms with Crippen LogP contribution in [0.15, 0.2) is 24.3 Å². The predicted molar refractivity (Wildman–Crippen MR) is 93.1 cm³/mol. The van der Waals surface area contributed by atoms with Crippen molar-refractivity contribution in [1.29, 1.82) is 0 Å². The summed E-state index contributed by atoms with van der Waals surface area (Å²) in [6.07, 6.45) is 0.792. The molecule has 1 aromatic rings. The van der Waals surface area contributed by atoms with Crippen LogP contribution in [-0.4, -0.2) is 43.1 Å². The van der Waals surface area contributed by atoms with E-state index < -0.39 is 9.84 Å². The van der Waals surface area contributed by atoms with Gasteiger partial charge in [0.05, 0.1) is 11.0 Å². The summed E-state index contributed by atoms with van der Waals surface area (Å²) >= 11 is 0. The first-order valence-electron chi connectivity index (χ1n) is 8.08. The van der Waals surface area contributed by atoms with Crippen molar-refractivity contribution >= 4 is 21.4 Å². The van der Waals surface area contributed by atoms with Crippen molar-refractivity contribution in [3.8, 4) is 0 Å². The number of hydrogen-bond acceptors (Lipinski definition) is 4. The van der Waals surface area contributed by atoms with Gasteiger partial charge in [-0.25, -0.2) is 8.42 Å². The maximum absolute atomic E-state index is 12.3. The highest BCUT2D eigenvalue weighted by molar-refractivity contribution is 7.91. The zero-order valence-electron chi connectivity index (χ0n) is 14.2. The third kappa shape index (κ3) is 4.25. The second kappa shape index (κ2) is 6.91. The molecule has 1 atom stereocenters. The van der Waals surface area contributed by atoms with Crippen LogP contribution in [0.3, 0.4) is 0 Å². The number of carbonyl (C=O) groups is 1. The summed E-state index contributed by atoms with van der Waals surface area (Å²) in [5.41, 5.74) is 1.62. The zero-order valence-corrected chi connectivity index (χ0v) is 15.1. The lowest BCUT2D eigenvalue weighted by atomic mass is 10.2. The molecule has 0 saturated carbocycles. The Morgan fingerprint density at radius 2 is 1.78 bits per heavy atom. The highest BCUT2D eigenvalue weighted by Crippen LogP contribution is 2.20. The first-order valence-corrected chi connectivity index (χ1v) is 9.80. The Kier molecular flexibility index (Phi) is 5.34. The standard InChI is InChI=1S/C17H26N2O3S/c1-12(2)19-10-9-16(17(19)20)18-15-7-5-14(6-8-15)11-23(21,22)13(3)4/h5-8,12-13,16,18H,9-11H2,1-4H3/t16-/m0/s1. The van der Waals surface area contributed by atoms with Gasteiger partial charge in [0.15, 0.2) is 9.84 Å². The Hall–Kier alpha value is -1.56. The largest absolute Gasteiger partial charge is 0.374 e. The maximum Gasteiger partial charge on any atom is 0.245 e. The van der Waals surface area contributed by atoms with E-state index in [0.717, 1.165) is 24.2 Å². The van der Waals surface area contributed by atoms with Gasteiger partial charge in [0.1, 0.15) is 6.04 Å². The Bertz CT molecular complexity index is 651. The Labute approximate surface area is 139 Å². The van der Waals surface area contributed by atoms with Crippen LogP contribution in [-0.2, 0) is 20.4 Å². The first kappa shape index (κ1) is 17.8. The van der Waals surface area contributed by atoms with Crippen molar-refractivity contribution in [2.75, 3.05) is 11.9 Å². The van der Waals surface area contributed by atoms with E-state index in [1.807, 2.05) is 43.0 Å². The Balaban J connectivity index is 2.00. The summed E-state index contributed by atoms with van der Waals surface area (Å²) < 4.78 is 23.9. The molecular formula is C17H26N2O3S. The molecule has 5 nitrogen and oxygen atoms in total. The van der Waals surface area contributed by atoms with Crippen LogP contribution >= 0.6 is 0 Å². The van der Waals surface area contributed by atoms with Gasteiger partial charge in [-0.2, -0.15) is 0 Å². The van der Waals surface area contributed by atoms with E-state index in [-0.39, 0.29) is 29.0 Å². The molecule has 1 saturated heterocycles. The number of carbonyl (C=O) groups excluding carboxylic acids is 1. The number of nitrogens with zero attached hydrogens (tertiary/aromatic N) is 1. The molecular weight excluding hydrogens is 312 g/mol. The molecule has 6 heteroatoms. The van der Waals surface area contributed by atoms with Gasteiger partial charge >= 0.3 is 0 Å². The van der Waals surface area contributed by atoms with Crippen LogP contribution in [0.2, 0.25) is 0 Å². The van der Waals surface area contributed by atoms with Crippen molar-refractivity contribution in [3.63, 3.8) is 0 Å². The van der Waals surface area contributed by atoms with Crippen molar-refractivity contribution in [2.24, 2.45) is 0 Å². The average molecular weight is 338 g/mol. The van der Waals surface area contributed by atoms with Gasteiger partial charge in [0, 0.05) is 18.3 Å². The van der Waals surface area contributed by atoms with Gasteiger partial charge in [-0.15, -0.1) is 0 Å². The van der Waals surface area contributed by atoms with Gasteiger partial charge in [0.25, 0.3) is 0 Å². The molecule has 1 N–H and O–H groups in total. The topological polar surface area (TPSA) is 66.5 Å². The lowest BCUT2D eigenvalue weighted by molar-refractivity contribution is -0.129. The summed E-state index contributed by atoms with van der Waals surface area (Å²) in [6, 6.07) is 7.33. The number of sulfone groups is 1. The fourth-order valence-electron chi connectivity index (χ4n) is 2.65. The minimum Gasteiger partial charge on any atom is -0.374 e. The van der Waals surface area contributed by atoms with Crippen molar-refractivity contribution in [3.05, 3.63) is 29.8 Å². The Morgan fingerprint density at radius 3 is 2.26 bits per heavy atom. The lowest BCUT2D eigenvalue weighted by Gasteiger charge is -2.21. The van der Waals surface area contributed by atoms with Crippen LogP contribution in [0, 0.1) is 0 Å². The molecule has 1 aliphatic heterocycles. The van der Waals surface area contributed by atoms with Crippen molar-refractivity contribution < 1.29 is 13.2 Å². The minimum absolute atomic E-state index is 0.0500. The number of nitrogens with one attached hydrogen (secondary N) is 1. The number of anilines is 1. The second-order valence-corrected chi connectivity index (χ2v) is 9.22. The number of rotatable bonds is 6. The summed E-state index contributed by atoms with van der Waals surface area (Å²) in [6.45, 7) is 8.20. The van der Waals surface area contributed by atoms with E-state index in [2.05, 4.69) is 5.32 Å². The molecule has 0 spiro atoms. The van der Waals surface area contributed by atoms with E-state index in [9.17, 15) is 13.2 Å². The van der Waals surface area contributed by atoms with Gasteiger partial charge in [-0.05, 0) is 51.8 Å². The van der Waals surface area contributed by atoms with E-state index in [1.54, 1.807) is 13.8 Å². The summed E-state index contributed by atoms with van der Waals surface area (Å²) in [7, 11) is -3.09. The molecule has 0 radical (unpaired) electrons. The van der Waals surface area contributed by atoms with Crippen LogP contribution in [0.1, 0.15) is 39.7 Å². The molecule has 0 unspecified atom stereocenters. The number of amides is 1. The third-order valence-electron chi connectivity index (χ3n) is 4.24. The predicted octanol–water partition coefficient (Wildman–Crippen LogP) is 2.43. The number of likely N-dealkylation sites (tertiary alicyclic amines) is 1. The molecule has 0 aliphatic carbocycles. The van der Waals surface area contributed by atoms with E-state index in [4.69, 9.17) is 0 Å². The molecule has 2 rings (SSSR count). The van der Waals surface area contributed by atoms with Gasteiger partial charge in [-0.1, -0.05) is 12.1 Å². The third-order valence-corrected chi connectivity index (χ3v) is 6.42. The number of benzene rings is 1. The molecule has 1 fully saturated rings. The summed E-state index contributed by atoms with van der Waals surface area (Å²) in [5.74, 6) is 0.181. The zero-order chi connectivity index (χ0) is 17.2. The summed E-state index contributed by atoms with van der Waals surface area (Å²) in [5, 5.41) is 2.87. The van der Waals surface area contributed by atoms with Crippen LogP contribution < -0.4 is 5.32 Å². The highest BCUT2D eigenvalue weighted by atomic mass is 32.2. The Morgan fingerprint density at radius 1 is 1.17 bits per heavy atom. The molecule has 1 aromatic carbocycles. The van der Waals surface area contributed by atoms with E-state index in [1.165, 1.54) is 0 Å². The fraction of sp³-hybridized carbons (Fsp3) is 0.588. The normalized spacial score (nSPS) is 19.0. The summed E-state index contributed by atoms with van der Waals surface area (Å²) in [4.78, 5) is 14.1. The molecule has 0 aromatic heterocycles. The molecule has 23 heavy (non-hydrogen) atoms. The van der Waals surface area contributed by atoms with Gasteiger partial charge < -0.3 is 10.2 Å². The monoisotopic (exact) mass is 338 g/mol. The van der Waals surface area contributed by atoms with Crippen LogP contribution in [0.4, 0.5) is 5.69 Å². The molecule has 0 bridgehead atoms. The average Bonchev–Trinajstić information content (AvgIpc) is 2.82. The van der Waals surface area contributed by atoms with Crippen molar-refractivity contribution in [2.45, 2.75) is 57.2 Å². The minimum atomic E-state index is -3.09. The SMILES string of the molecule is CC(C)N1CC[C@H](Nc2ccc(CS(=O)(=O)C(C)C)cc2)C1=O. The molecule has 1 heterocycles. The fourth-order valence-corrected chi connectivity index (χ4v) is 3.64. The highest BCUT2D eigenvalue weighted by Gasteiger charge is 2.32. The molecule has 1 amide bonds. The van der Waals surface area contributed by atoms with Crippen molar-refractivity contribution in [1.82, 2.24) is 4.90 Å². The first-order chi connectivity index (χ1) is 10.7. The van der Waals surface area contributed by atoms with Crippen LogP contribution in [0.5, 0.6) is 0 Å². The lowest BCUT2D eigenvalue weighted by Crippen LogP contribution is -2.37. The quantitative estimate of drug-likeness (QED) is 0.865. The molecule has 1 aliphatic rings. The molecule has 128 valence electrons. The smallest absolute Gasteiger partial charge is 0.245 e. The van der Waals surface area contributed by atoms with E-state index in [0.29, 0.717) is 0 Å². The van der Waals surface area contributed by atoms with Crippen LogP contribution in [0.25, 0.3) is 0 Å². The second-order valence-electron chi connectivity index (χ2n) is 6.66. The van der Waals surface area contributed by atoms with Gasteiger partial charge in [0.2, 0.25) is 5.91 Å². The number of hydrogen-bond donors (Lipinski definition) is 1. The van der Waals surface area contributed by atoms with E-state index >= 15 is 0 Å². The van der Waals surface area contributed by atoms with Gasteiger partial charge in [-0.3, -0.25) is 4.79 Å². The maximum atomic E-state index is 12.3.